The Kier molecular flexibility index (Phi) is 5.01. The molecule has 0 radical (unpaired) electrons. The Balaban J connectivity index is 2.15. The third-order valence-electron chi connectivity index (χ3n) is 3.12. The Bertz CT molecular complexity index is 616. The predicted molar refractivity (Wildman–Crippen MR) is 82.2 cm³/mol. The Labute approximate surface area is 128 Å². The van der Waals surface area contributed by atoms with Gasteiger partial charge < -0.3 is 14.4 Å². The minimum absolute atomic E-state index is 0.272. The normalized spacial score (nSPS) is 11.0. The lowest BCUT2D eigenvalue weighted by Crippen LogP contribution is -2.08. The summed E-state index contributed by atoms with van der Waals surface area (Å²) in [6, 6.07) is 2.14. The molecule has 21 heavy (non-hydrogen) atoms. The fraction of sp³-hybridized carbons (Fsp3) is 0.467. The van der Waals surface area contributed by atoms with Gasteiger partial charge >= 0.3 is 5.97 Å². The van der Waals surface area contributed by atoms with E-state index in [-0.39, 0.29) is 4.88 Å². The monoisotopic (exact) mass is 308 g/mol. The maximum Gasteiger partial charge on any atom is 0.349 e. The van der Waals surface area contributed by atoms with E-state index < -0.39 is 5.97 Å². The van der Waals surface area contributed by atoms with Crippen molar-refractivity contribution in [2.24, 2.45) is 0 Å². The van der Waals surface area contributed by atoms with Crippen molar-refractivity contribution in [1.82, 2.24) is 9.55 Å². The number of aromatic carboxylic acids is 1. The summed E-state index contributed by atoms with van der Waals surface area (Å²) >= 11 is 1.29. The quantitative estimate of drug-likeness (QED) is 0.846. The molecular weight excluding hydrogens is 288 g/mol. The van der Waals surface area contributed by atoms with E-state index in [4.69, 9.17) is 4.74 Å². The van der Waals surface area contributed by atoms with Crippen LogP contribution in [0.2, 0.25) is 0 Å². The molecule has 0 unspecified atom stereocenters. The van der Waals surface area contributed by atoms with Crippen LogP contribution >= 0.6 is 11.3 Å². The third kappa shape index (κ3) is 3.64. The van der Waals surface area contributed by atoms with Gasteiger partial charge in [-0.15, -0.1) is 11.3 Å². The van der Waals surface area contributed by atoms with Crippen molar-refractivity contribution in [2.45, 2.75) is 46.3 Å². The summed E-state index contributed by atoms with van der Waals surface area (Å²) in [7, 11) is 0. The number of rotatable bonds is 7. The number of hydrogen-bond donors (Lipinski definition) is 1. The number of ether oxygens (including phenoxy) is 1. The van der Waals surface area contributed by atoms with Gasteiger partial charge in [-0.2, -0.15) is 0 Å². The second kappa shape index (κ2) is 6.76. The molecule has 2 aromatic rings. The zero-order valence-electron chi connectivity index (χ0n) is 12.5. The molecule has 2 aromatic heterocycles. The number of aromatic nitrogens is 2. The molecule has 0 saturated carbocycles. The highest BCUT2D eigenvalue weighted by Gasteiger charge is 2.17. The molecule has 0 aliphatic rings. The van der Waals surface area contributed by atoms with Crippen molar-refractivity contribution >= 4 is 17.3 Å². The first kappa shape index (κ1) is 15.6. The number of carboxylic acid groups (broad SMARTS) is 1. The summed E-state index contributed by atoms with van der Waals surface area (Å²) in [4.78, 5) is 16.7. The van der Waals surface area contributed by atoms with Crippen molar-refractivity contribution in [1.29, 1.82) is 0 Å². The number of carboxylic acids is 1. The molecule has 0 aliphatic heterocycles. The Morgan fingerprint density at radius 1 is 1.52 bits per heavy atom. The lowest BCUT2D eigenvalue weighted by Gasteiger charge is -2.12. The summed E-state index contributed by atoms with van der Waals surface area (Å²) in [5.41, 5.74) is 0.935. The molecule has 0 aliphatic carbocycles. The van der Waals surface area contributed by atoms with Gasteiger partial charge in [0.05, 0.1) is 18.2 Å². The Morgan fingerprint density at radius 2 is 2.29 bits per heavy atom. The second-order valence-corrected chi connectivity index (χ2v) is 6.27. The van der Waals surface area contributed by atoms with Crippen molar-refractivity contribution in [2.75, 3.05) is 0 Å². The van der Waals surface area contributed by atoms with E-state index in [1.165, 1.54) is 11.3 Å². The summed E-state index contributed by atoms with van der Waals surface area (Å²) < 4.78 is 7.74. The van der Waals surface area contributed by atoms with Crippen molar-refractivity contribution in [3.8, 4) is 5.75 Å². The third-order valence-corrected chi connectivity index (χ3v) is 4.28. The molecule has 114 valence electrons. The van der Waals surface area contributed by atoms with E-state index in [2.05, 4.69) is 25.8 Å². The van der Waals surface area contributed by atoms with Crippen molar-refractivity contribution < 1.29 is 14.6 Å². The number of carbonyl (C=O) groups is 1. The molecule has 0 aromatic carbocycles. The largest absolute Gasteiger partial charge is 0.486 e. The minimum Gasteiger partial charge on any atom is -0.486 e. The minimum atomic E-state index is -0.935. The number of imidazole rings is 1. The van der Waals surface area contributed by atoms with Crippen LogP contribution in [0.1, 0.15) is 53.5 Å². The van der Waals surface area contributed by atoms with Gasteiger partial charge in [0.25, 0.3) is 0 Å². The van der Waals surface area contributed by atoms with Gasteiger partial charge in [0, 0.05) is 10.9 Å². The average molecular weight is 308 g/mol. The van der Waals surface area contributed by atoms with Gasteiger partial charge in [0.15, 0.2) is 4.88 Å². The topological polar surface area (TPSA) is 64.4 Å². The summed E-state index contributed by atoms with van der Waals surface area (Å²) in [5.74, 6) is -0.484. The van der Waals surface area contributed by atoms with Gasteiger partial charge in [-0.25, -0.2) is 9.78 Å². The molecule has 2 heterocycles. The Hall–Kier alpha value is -1.82. The molecule has 0 atom stereocenters. The fourth-order valence-corrected chi connectivity index (χ4v) is 3.15. The van der Waals surface area contributed by atoms with E-state index in [9.17, 15) is 9.90 Å². The van der Waals surface area contributed by atoms with Crippen molar-refractivity contribution in [3.63, 3.8) is 0 Å². The number of nitrogens with zero attached hydrogens (tertiary/aromatic N) is 2. The smallest absolute Gasteiger partial charge is 0.349 e. The zero-order chi connectivity index (χ0) is 15.4. The molecule has 0 fully saturated rings. The number of aryl methyl sites for hydroxylation is 1. The molecule has 5 nitrogen and oxygen atoms in total. The lowest BCUT2D eigenvalue weighted by atomic mass is 10.3. The molecule has 1 N–H and O–H groups in total. The van der Waals surface area contributed by atoms with Crippen LogP contribution in [0.15, 0.2) is 18.6 Å². The van der Waals surface area contributed by atoms with Crippen LogP contribution in [0.25, 0.3) is 0 Å². The van der Waals surface area contributed by atoms with Crippen LogP contribution in [0.5, 0.6) is 5.75 Å². The molecule has 0 saturated heterocycles. The van der Waals surface area contributed by atoms with Gasteiger partial charge in [0.1, 0.15) is 12.4 Å². The SMILES string of the molecule is CCCc1cc(OCc2cncn2C(C)C)c(C(=O)O)s1. The highest BCUT2D eigenvalue weighted by Crippen LogP contribution is 2.31. The number of thiophene rings is 1. The first-order valence-electron chi connectivity index (χ1n) is 7.02. The van der Waals surface area contributed by atoms with Crippen molar-refractivity contribution in [3.05, 3.63) is 34.0 Å². The van der Waals surface area contributed by atoms with Crippen LogP contribution < -0.4 is 4.74 Å². The fourth-order valence-electron chi connectivity index (χ4n) is 2.11. The zero-order valence-corrected chi connectivity index (χ0v) is 13.3. The van der Waals surface area contributed by atoms with Gasteiger partial charge in [-0.05, 0) is 26.3 Å². The van der Waals surface area contributed by atoms with Gasteiger partial charge in [-0.3, -0.25) is 0 Å². The van der Waals surface area contributed by atoms with Crippen LogP contribution in [0.3, 0.4) is 0 Å². The molecule has 2 rings (SSSR count). The molecule has 0 spiro atoms. The second-order valence-electron chi connectivity index (χ2n) is 5.14. The molecule has 6 heteroatoms. The summed E-state index contributed by atoms with van der Waals surface area (Å²) in [6.45, 7) is 6.53. The average Bonchev–Trinajstić information content (AvgIpc) is 3.02. The van der Waals surface area contributed by atoms with Gasteiger partial charge in [0.2, 0.25) is 0 Å². The number of hydrogen-bond acceptors (Lipinski definition) is 4. The summed E-state index contributed by atoms with van der Waals surface area (Å²) in [5, 5.41) is 9.26. The van der Waals surface area contributed by atoms with E-state index >= 15 is 0 Å². The standard InChI is InChI=1S/C15H20N2O3S/c1-4-5-12-6-13(14(21-12)15(18)19)20-8-11-7-16-9-17(11)10(2)3/h6-7,9-10H,4-5,8H2,1-3H3,(H,18,19). The highest BCUT2D eigenvalue weighted by molar-refractivity contribution is 7.14. The predicted octanol–water partition coefficient (Wildman–Crippen LogP) is 3.76. The molecule has 0 bridgehead atoms. The van der Waals surface area contributed by atoms with Crippen LogP contribution in [-0.4, -0.2) is 20.6 Å². The first-order chi connectivity index (χ1) is 10.0. The lowest BCUT2D eigenvalue weighted by molar-refractivity contribution is 0.0697. The maximum absolute atomic E-state index is 11.3. The van der Waals surface area contributed by atoms with E-state index in [1.54, 1.807) is 12.5 Å². The molecule has 0 amide bonds. The van der Waals surface area contributed by atoms with E-state index in [0.29, 0.717) is 18.4 Å². The highest BCUT2D eigenvalue weighted by atomic mass is 32.1. The van der Waals surface area contributed by atoms with E-state index in [0.717, 1.165) is 23.4 Å². The van der Waals surface area contributed by atoms with E-state index in [1.807, 2.05) is 10.6 Å². The maximum atomic E-state index is 11.3. The van der Waals surface area contributed by atoms with Crippen LogP contribution in [-0.2, 0) is 13.0 Å². The Morgan fingerprint density at radius 3 is 2.90 bits per heavy atom. The van der Waals surface area contributed by atoms with Gasteiger partial charge in [-0.1, -0.05) is 13.3 Å². The summed E-state index contributed by atoms with van der Waals surface area (Å²) in [6.07, 6.45) is 5.37. The van der Waals surface area contributed by atoms with Crippen LogP contribution in [0.4, 0.5) is 0 Å². The van der Waals surface area contributed by atoms with Crippen LogP contribution in [0, 0.1) is 0 Å². The first-order valence-corrected chi connectivity index (χ1v) is 7.84. The molecular formula is C15H20N2O3S.